The van der Waals surface area contributed by atoms with Crippen molar-refractivity contribution in [2.75, 3.05) is 33.4 Å². The van der Waals surface area contributed by atoms with Gasteiger partial charge in [-0.25, -0.2) is 4.39 Å². The second kappa shape index (κ2) is 9.71. The van der Waals surface area contributed by atoms with Gasteiger partial charge in [-0.1, -0.05) is 12.1 Å². The molecule has 2 N–H and O–H groups in total. The molecule has 1 amide bonds. The van der Waals surface area contributed by atoms with Crippen LogP contribution in [0.2, 0.25) is 0 Å². The van der Waals surface area contributed by atoms with Crippen LogP contribution in [0.5, 0.6) is 0 Å². The lowest BCUT2D eigenvalue weighted by Crippen LogP contribution is -2.42. The monoisotopic (exact) mass is 318 g/mol. The van der Waals surface area contributed by atoms with Gasteiger partial charge in [-0.3, -0.25) is 4.79 Å². The lowest BCUT2D eigenvalue weighted by atomic mass is 9.84. The summed E-state index contributed by atoms with van der Waals surface area (Å²) in [5, 5.41) is 6.03. The number of methoxy groups -OCH3 is 1. The Morgan fingerprint density at radius 3 is 2.38 bits per heavy atom. The molecule has 0 unspecified atom stereocenters. The van der Waals surface area contributed by atoms with E-state index in [-0.39, 0.29) is 24.1 Å². The minimum absolute atomic E-state index is 0. The molecule has 0 aliphatic carbocycles. The molecule has 0 aliphatic rings. The summed E-state index contributed by atoms with van der Waals surface area (Å²) in [5.41, 5.74) is 0.115. The molecule has 1 rings (SSSR count). The molecule has 6 heteroatoms. The molecular formula is C15H24ClFN2O2. The second-order valence-electron chi connectivity index (χ2n) is 5.13. The summed E-state index contributed by atoms with van der Waals surface area (Å²) < 4.78 is 17.8. The van der Waals surface area contributed by atoms with Crippen molar-refractivity contribution in [1.29, 1.82) is 0 Å². The van der Waals surface area contributed by atoms with Crippen molar-refractivity contribution in [3.63, 3.8) is 0 Å². The molecule has 0 bridgehead atoms. The summed E-state index contributed by atoms with van der Waals surface area (Å²) in [5.74, 6) is -0.370. The Morgan fingerprint density at radius 2 is 1.81 bits per heavy atom. The van der Waals surface area contributed by atoms with E-state index in [1.807, 2.05) is 13.8 Å². The predicted molar refractivity (Wildman–Crippen MR) is 84.4 cm³/mol. The van der Waals surface area contributed by atoms with Crippen LogP contribution in [-0.2, 0) is 14.9 Å². The summed E-state index contributed by atoms with van der Waals surface area (Å²) >= 11 is 0. The quantitative estimate of drug-likeness (QED) is 0.720. The minimum atomic E-state index is -0.680. The first kappa shape index (κ1) is 19.8. The van der Waals surface area contributed by atoms with Crippen LogP contribution in [0.3, 0.4) is 0 Å². The Hall–Kier alpha value is -1.17. The molecule has 4 nitrogen and oxygen atoms in total. The fraction of sp³-hybridized carbons (Fsp3) is 0.533. The minimum Gasteiger partial charge on any atom is -0.383 e. The molecule has 0 atom stereocenters. The van der Waals surface area contributed by atoms with Gasteiger partial charge >= 0.3 is 0 Å². The first-order chi connectivity index (χ1) is 9.48. The van der Waals surface area contributed by atoms with E-state index in [0.29, 0.717) is 19.7 Å². The van der Waals surface area contributed by atoms with Crippen molar-refractivity contribution < 1.29 is 13.9 Å². The van der Waals surface area contributed by atoms with Crippen molar-refractivity contribution in [3.05, 3.63) is 35.6 Å². The highest BCUT2D eigenvalue weighted by atomic mass is 35.5. The zero-order valence-electron chi connectivity index (χ0n) is 12.7. The molecule has 0 heterocycles. The van der Waals surface area contributed by atoms with Crippen LogP contribution in [0.25, 0.3) is 0 Å². The van der Waals surface area contributed by atoms with Gasteiger partial charge in [-0.15, -0.1) is 12.4 Å². The van der Waals surface area contributed by atoms with Crippen molar-refractivity contribution in [2.45, 2.75) is 19.3 Å². The van der Waals surface area contributed by atoms with E-state index in [4.69, 9.17) is 4.74 Å². The average molecular weight is 319 g/mol. The number of carbonyl (C=O) groups is 1. The third-order valence-electron chi connectivity index (χ3n) is 3.20. The molecule has 21 heavy (non-hydrogen) atoms. The van der Waals surface area contributed by atoms with E-state index in [2.05, 4.69) is 10.6 Å². The molecule has 0 aromatic heterocycles. The zero-order valence-corrected chi connectivity index (χ0v) is 13.6. The van der Waals surface area contributed by atoms with Crippen molar-refractivity contribution in [2.24, 2.45) is 0 Å². The van der Waals surface area contributed by atoms with Crippen LogP contribution in [-0.4, -0.2) is 39.3 Å². The summed E-state index contributed by atoms with van der Waals surface area (Å²) in [6.07, 6.45) is 0. The third kappa shape index (κ3) is 6.42. The molecule has 0 saturated heterocycles. The Labute approximate surface area is 131 Å². The zero-order chi connectivity index (χ0) is 15.0. The van der Waals surface area contributed by atoms with E-state index in [1.165, 1.54) is 12.1 Å². The Kier molecular flexibility index (Phi) is 9.17. The Bertz CT molecular complexity index is 424. The van der Waals surface area contributed by atoms with Crippen LogP contribution in [0, 0.1) is 5.82 Å². The molecule has 0 spiro atoms. The van der Waals surface area contributed by atoms with Crippen LogP contribution >= 0.6 is 12.4 Å². The predicted octanol–water partition coefficient (Wildman–Crippen LogP) is 1.88. The van der Waals surface area contributed by atoms with Gasteiger partial charge in [0.1, 0.15) is 5.82 Å². The van der Waals surface area contributed by atoms with Crippen molar-refractivity contribution in [1.82, 2.24) is 10.6 Å². The van der Waals surface area contributed by atoms with Crippen LogP contribution in [0.4, 0.5) is 4.39 Å². The maximum atomic E-state index is 12.9. The normalized spacial score (nSPS) is 10.9. The maximum Gasteiger partial charge on any atom is 0.230 e. The van der Waals surface area contributed by atoms with Gasteiger partial charge in [0.2, 0.25) is 5.91 Å². The fourth-order valence-electron chi connectivity index (χ4n) is 1.78. The topological polar surface area (TPSA) is 50.4 Å². The molecular weight excluding hydrogens is 295 g/mol. The van der Waals surface area contributed by atoms with Crippen LogP contribution < -0.4 is 10.6 Å². The number of rotatable bonds is 8. The van der Waals surface area contributed by atoms with E-state index < -0.39 is 5.41 Å². The smallest absolute Gasteiger partial charge is 0.230 e. The summed E-state index contributed by atoms with van der Waals surface area (Å²) in [6, 6.07) is 6.03. The fourth-order valence-corrected chi connectivity index (χ4v) is 1.78. The van der Waals surface area contributed by atoms with Gasteiger partial charge < -0.3 is 15.4 Å². The standard InChI is InChI=1S/C15H23FN2O2.ClH/c1-15(2,12-4-6-13(16)7-5-12)14(19)18-9-8-17-10-11-20-3;/h4-7,17H,8-11H2,1-3H3,(H,18,19);1H. The van der Waals surface area contributed by atoms with Gasteiger partial charge in [-0.2, -0.15) is 0 Å². The number of carbonyl (C=O) groups excluding carboxylic acids is 1. The van der Waals surface area contributed by atoms with Gasteiger partial charge in [0.05, 0.1) is 12.0 Å². The number of ether oxygens (including phenoxy) is 1. The number of nitrogens with one attached hydrogen (secondary N) is 2. The summed E-state index contributed by atoms with van der Waals surface area (Å²) in [4.78, 5) is 12.2. The lowest BCUT2D eigenvalue weighted by molar-refractivity contribution is -0.125. The van der Waals surface area contributed by atoms with Gasteiger partial charge in [0, 0.05) is 26.7 Å². The highest BCUT2D eigenvalue weighted by molar-refractivity contribution is 5.87. The largest absolute Gasteiger partial charge is 0.383 e. The van der Waals surface area contributed by atoms with Gasteiger partial charge in [0.15, 0.2) is 0 Å². The molecule has 0 radical (unpaired) electrons. The number of hydrogen-bond donors (Lipinski definition) is 2. The van der Waals surface area contributed by atoms with E-state index >= 15 is 0 Å². The lowest BCUT2D eigenvalue weighted by Gasteiger charge is -2.24. The van der Waals surface area contributed by atoms with Gasteiger partial charge in [-0.05, 0) is 31.5 Å². The summed E-state index contributed by atoms with van der Waals surface area (Å²) in [6.45, 7) is 6.30. The molecule has 0 saturated carbocycles. The maximum absolute atomic E-state index is 12.9. The van der Waals surface area contributed by atoms with E-state index in [9.17, 15) is 9.18 Å². The molecule has 0 aliphatic heterocycles. The Balaban J connectivity index is 0.00000400. The van der Waals surface area contributed by atoms with Gasteiger partial charge in [0.25, 0.3) is 0 Å². The second-order valence-corrected chi connectivity index (χ2v) is 5.13. The SMILES string of the molecule is COCCNCCNC(=O)C(C)(C)c1ccc(F)cc1.Cl. The van der Waals surface area contributed by atoms with E-state index in [1.54, 1.807) is 19.2 Å². The highest BCUT2D eigenvalue weighted by Gasteiger charge is 2.29. The molecule has 1 aromatic rings. The summed E-state index contributed by atoms with van der Waals surface area (Å²) in [7, 11) is 1.65. The number of benzene rings is 1. The van der Waals surface area contributed by atoms with Crippen LogP contribution in [0.15, 0.2) is 24.3 Å². The van der Waals surface area contributed by atoms with E-state index in [0.717, 1.165) is 12.1 Å². The number of hydrogen-bond acceptors (Lipinski definition) is 3. The van der Waals surface area contributed by atoms with Crippen molar-refractivity contribution in [3.8, 4) is 0 Å². The average Bonchev–Trinajstić information content (AvgIpc) is 2.43. The first-order valence-corrected chi connectivity index (χ1v) is 6.72. The highest BCUT2D eigenvalue weighted by Crippen LogP contribution is 2.23. The van der Waals surface area contributed by atoms with Crippen molar-refractivity contribution >= 4 is 18.3 Å². The molecule has 0 fully saturated rings. The molecule has 120 valence electrons. The Morgan fingerprint density at radius 1 is 1.19 bits per heavy atom. The van der Waals surface area contributed by atoms with Crippen LogP contribution in [0.1, 0.15) is 19.4 Å². The number of amides is 1. The first-order valence-electron chi connectivity index (χ1n) is 6.72. The third-order valence-corrected chi connectivity index (χ3v) is 3.20. The number of halogens is 2. The molecule has 1 aromatic carbocycles.